The molecule has 2 fully saturated rings. The molecule has 0 aromatic carbocycles. The van der Waals surface area contributed by atoms with Crippen molar-refractivity contribution in [2.45, 2.75) is 25.1 Å². The average molecular weight is 289 g/mol. The number of halogens is 3. The SMILES string of the molecule is O=C(c1cc(C(F)(F)F)[nH]n1)N1CCO[C@H](C2CC2)C1. The Hall–Kier alpha value is -1.57. The highest BCUT2D eigenvalue weighted by Crippen LogP contribution is 2.36. The number of aromatic nitrogens is 2. The van der Waals surface area contributed by atoms with Gasteiger partial charge in [-0.25, -0.2) is 0 Å². The van der Waals surface area contributed by atoms with E-state index in [1.165, 1.54) is 4.90 Å². The van der Waals surface area contributed by atoms with Crippen molar-refractivity contribution in [3.05, 3.63) is 17.5 Å². The van der Waals surface area contributed by atoms with Crippen LogP contribution in [0, 0.1) is 5.92 Å². The molecule has 5 nitrogen and oxygen atoms in total. The van der Waals surface area contributed by atoms with Crippen molar-refractivity contribution in [2.75, 3.05) is 19.7 Å². The summed E-state index contributed by atoms with van der Waals surface area (Å²) in [4.78, 5) is 13.7. The Morgan fingerprint density at radius 2 is 2.20 bits per heavy atom. The number of morpholine rings is 1. The molecule has 110 valence electrons. The van der Waals surface area contributed by atoms with Gasteiger partial charge in [-0.05, 0) is 18.8 Å². The number of amides is 1. The van der Waals surface area contributed by atoms with E-state index in [2.05, 4.69) is 5.10 Å². The van der Waals surface area contributed by atoms with Gasteiger partial charge in [0.2, 0.25) is 0 Å². The molecule has 0 bridgehead atoms. The Labute approximate surface area is 113 Å². The van der Waals surface area contributed by atoms with Crippen LogP contribution in [0.4, 0.5) is 13.2 Å². The number of nitrogens with one attached hydrogen (secondary N) is 1. The molecule has 1 N–H and O–H groups in total. The van der Waals surface area contributed by atoms with Crippen molar-refractivity contribution in [1.29, 1.82) is 0 Å². The van der Waals surface area contributed by atoms with Gasteiger partial charge in [-0.1, -0.05) is 0 Å². The molecular weight excluding hydrogens is 275 g/mol. The predicted octanol–water partition coefficient (Wildman–Crippen LogP) is 1.68. The Balaban J connectivity index is 1.70. The van der Waals surface area contributed by atoms with Crippen LogP contribution in [0.1, 0.15) is 29.0 Å². The smallest absolute Gasteiger partial charge is 0.374 e. The first kappa shape index (κ1) is 13.4. The fraction of sp³-hybridized carbons (Fsp3) is 0.667. The summed E-state index contributed by atoms with van der Waals surface area (Å²) in [6.45, 7) is 1.23. The lowest BCUT2D eigenvalue weighted by molar-refractivity contribution is -0.141. The standard InChI is InChI=1S/C12H14F3N3O2/c13-12(14,15)10-5-8(16-17-10)11(19)18-3-4-20-9(6-18)7-1-2-7/h5,7,9H,1-4,6H2,(H,16,17)/t9-/m0/s1. The second-order valence-electron chi connectivity index (χ2n) is 5.16. The van der Waals surface area contributed by atoms with Crippen molar-refractivity contribution in [1.82, 2.24) is 15.1 Å². The summed E-state index contributed by atoms with van der Waals surface area (Å²) in [5, 5.41) is 5.32. The molecule has 8 heteroatoms. The average Bonchev–Trinajstić information content (AvgIpc) is 3.13. The Bertz CT molecular complexity index is 510. The third-order valence-corrected chi connectivity index (χ3v) is 3.63. The van der Waals surface area contributed by atoms with E-state index in [0.29, 0.717) is 25.6 Å². The van der Waals surface area contributed by atoms with E-state index in [9.17, 15) is 18.0 Å². The van der Waals surface area contributed by atoms with Gasteiger partial charge in [0.1, 0.15) is 5.69 Å². The molecule has 2 heterocycles. The molecule has 1 aliphatic carbocycles. The summed E-state index contributed by atoms with van der Waals surface area (Å²) in [6.07, 6.45) is -2.33. The Morgan fingerprint density at radius 3 is 2.80 bits per heavy atom. The summed E-state index contributed by atoms with van der Waals surface area (Å²) in [5.74, 6) is 0.00113. The van der Waals surface area contributed by atoms with E-state index >= 15 is 0 Å². The normalized spacial score (nSPS) is 23.9. The lowest BCUT2D eigenvalue weighted by Crippen LogP contribution is -2.46. The summed E-state index contributed by atoms with van der Waals surface area (Å²) in [6, 6.07) is 0.754. The summed E-state index contributed by atoms with van der Waals surface area (Å²) in [5.41, 5.74) is -1.21. The topological polar surface area (TPSA) is 58.2 Å². The van der Waals surface area contributed by atoms with Crippen LogP contribution < -0.4 is 0 Å². The quantitative estimate of drug-likeness (QED) is 0.901. The van der Waals surface area contributed by atoms with Crippen LogP contribution in [0.25, 0.3) is 0 Å². The highest BCUT2D eigenvalue weighted by Gasteiger charge is 2.38. The third kappa shape index (κ3) is 2.65. The molecule has 0 spiro atoms. The van der Waals surface area contributed by atoms with Crippen LogP contribution in [-0.2, 0) is 10.9 Å². The zero-order chi connectivity index (χ0) is 14.3. The highest BCUT2D eigenvalue weighted by molar-refractivity contribution is 5.92. The number of aromatic amines is 1. The van der Waals surface area contributed by atoms with Crippen LogP contribution in [0.2, 0.25) is 0 Å². The molecule has 1 aromatic heterocycles. The molecule has 1 atom stereocenters. The van der Waals surface area contributed by atoms with Gasteiger partial charge in [-0.15, -0.1) is 0 Å². The van der Waals surface area contributed by atoms with E-state index in [0.717, 1.165) is 18.9 Å². The predicted molar refractivity (Wildman–Crippen MR) is 62.0 cm³/mol. The van der Waals surface area contributed by atoms with Gasteiger partial charge in [0.15, 0.2) is 5.69 Å². The zero-order valence-electron chi connectivity index (χ0n) is 10.6. The number of hydrogen-bond acceptors (Lipinski definition) is 3. The van der Waals surface area contributed by atoms with E-state index in [4.69, 9.17) is 4.74 Å². The molecule has 1 amide bonds. The number of carbonyl (C=O) groups excluding carboxylic acids is 1. The first-order valence-electron chi connectivity index (χ1n) is 6.48. The number of carbonyl (C=O) groups is 1. The lowest BCUT2D eigenvalue weighted by atomic mass is 10.2. The Morgan fingerprint density at radius 1 is 1.45 bits per heavy atom. The molecule has 20 heavy (non-hydrogen) atoms. The number of ether oxygens (including phenoxy) is 1. The molecule has 2 aliphatic rings. The first-order valence-corrected chi connectivity index (χ1v) is 6.48. The van der Waals surface area contributed by atoms with Gasteiger partial charge in [0.05, 0.1) is 12.7 Å². The van der Waals surface area contributed by atoms with Crippen LogP contribution >= 0.6 is 0 Å². The molecular formula is C12H14F3N3O2. The van der Waals surface area contributed by atoms with E-state index in [1.807, 2.05) is 5.10 Å². The van der Waals surface area contributed by atoms with Gasteiger partial charge in [0.25, 0.3) is 5.91 Å². The van der Waals surface area contributed by atoms with Gasteiger partial charge < -0.3 is 9.64 Å². The van der Waals surface area contributed by atoms with Crippen LogP contribution in [-0.4, -0.2) is 46.8 Å². The molecule has 1 saturated carbocycles. The molecule has 0 unspecified atom stereocenters. The minimum Gasteiger partial charge on any atom is -0.374 e. The van der Waals surface area contributed by atoms with Crippen LogP contribution in [0.15, 0.2) is 6.07 Å². The number of nitrogens with zero attached hydrogens (tertiary/aromatic N) is 2. The second-order valence-corrected chi connectivity index (χ2v) is 5.16. The lowest BCUT2D eigenvalue weighted by Gasteiger charge is -2.32. The highest BCUT2D eigenvalue weighted by atomic mass is 19.4. The number of rotatable bonds is 2. The Kier molecular flexibility index (Phi) is 3.19. The second kappa shape index (κ2) is 4.76. The van der Waals surface area contributed by atoms with Gasteiger partial charge in [-0.3, -0.25) is 9.89 Å². The van der Waals surface area contributed by atoms with Crippen molar-refractivity contribution in [3.8, 4) is 0 Å². The first-order chi connectivity index (χ1) is 9.45. The van der Waals surface area contributed by atoms with Crippen molar-refractivity contribution >= 4 is 5.91 Å². The van der Waals surface area contributed by atoms with E-state index in [-0.39, 0.29) is 11.8 Å². The number of hydrogen-bond donors (Lipinski definition) is 1. The molecule has 0 radical (unpaired) electrons. The van der Waals surface area contributed by atoms with Crippen molar-refractivity contribution in [3.63, 3.8) is 0 Å². The summed E-state index contributed by atoms with van der Waals surface area (Å²) >= 11 is 0. The third-order valence-electron chi connectivity index (χ3n) is 3.63. The van der Waals surface area contributed by atoms with E-state index in [1.54, 1.807) is 0 Å². The minimum atomic E-state index is -4.52. The van der Waals surface area contributed by atoms with Gasteiger partial charge in [0, 0.05) is 19.2 Å². The van der Waals surface area contributed by atoms with Crippen LogP contribution in [0.3, 0.4) is 0 Å². The van der Waals surface area contributed by atoms with Gasteiger partial charge in [-0.2, -0.15) is 18.3 Å². The molecule has 1 aliphatic heterocycles. The van der Waals surface area contributed by atoms with E-state index < -0.39 is 17.8 Å². The van der Waals surface area contributed by atoms with Crippen molar-refractivity contribution in [2.24, 2.45) is 5.92 Å². The number of H-pyrrole nitrogens is 1. The largest absolute Gasteiger partial charge is 0.432 e. The number of alkyl halides is 3. The fourth-order valence-electron chi connectivity index (χ4n) is 2.35. The van der Waals surface area contributed by atoms with Crippen LogP contribution in [0.5, 0.6) is 0 Å². The maximum absolute atomic E-state index is 12.5. The zero-order valence-corrected chi connectivity index (χ0v) is 10.6. The molecule has 1 saturated heterocycles. The fourth-order valence-corrected chi connectivity index (χ4v) is 2.35. The molecule has 1 aromatic rings. The monoisotopic (exact) mass is 289 g/mol. The maximum atomic E-state index is 12.5. The van der Waals surface area contributed by atoms with Gasteiger partial charge >= 0.3 is 6.18 Å². The van der Waals surface area contributed by atoms with Crippen molar-refractivity contribution < 1.29 is 22.7 Å². The molecule has 3 rings (SSSR count). The minimum absolute atomic E-state index is 0.00808. The maximum Gasteiger partial charge on any atom is 0.432 e. The summed E-state index contributed by atoms with van der Waals surface area (Å²) < 4.78 is 43.0. The summed E-state index contributed by atoms with van der Waals surface area (Å²) in [7, 11) is 0.